The third-order valence-electron chi connectivity index (χ3n) is 2.88. The van der Waals surface area contributed by atoms with Crippen LogP contribution >= 0.6 is 11.3 Å². The van der Waals surface area contributed by atoms with Crippen LogP contribution in [0.4, 0.5) is 5.82 Å². The standard InChI is InChI=1S/C14H16N4S/c1-10(2)8-16-13-14-15-5-6-18(14)11(9-17-13)12-4-3-7-19-12/h3-7,9-10H,8H2,1-2H3,(H,16,17). The second-order valence-corrected chi connectivity index (χ2v) is 5.81. The quantitative estimate of drug-likeness (QED) is 0.790. The van der Waals surface area contributed by atoms with Gasteiger partial charge in [-0.1, -0.05) is 19.9 Å². The van der Waals surface area contributed by atoms with Gasteiger partial charge in [0.05, 0.1) is 16.8 Å². The molecular weight excluding hydrogens is 256 g/mol. The van der Waals surface area contributed by atoms with E-state index in [-0.39, 0.29) is 0 Å². The van der Waals surface area contributed by atoms with E-state index in [2.05, 4.69) is 45.0 Å². The zero-order chi connectivity index (χ0) is 13.2. The number of anilines is 1. The van der Waals surface area contributed by atoms with Gasteiger partial charge in [0.15, 0.2) is 11.5 Å². The Morgan fingerprint density at radius 2 is 2.26 bits per heavy atom. The first-order valence-electron chi connectivity index (χ1n) is 6.35. The van der Waals surface area contributed by atoms with Crippen molar-refractivity contribution < 1.29 is 0 Å². The lowest BCUT2D eigenvalue weighted by molar-refractivity contribution is 0.687. The molecule has 0 aliphatic heterocycles. The minimum Gasteiger partial charge on any atom is -0.367 e. The second-order valence-electron chi connectivity index (χ2n) is 4.86. The summed E-state index contributed by atoms with van der Waals surface area (Å²) >= 11 is 1.71. The summed E-state index contributed by atoms with van der Waals surface area (Å²) < 4.78 is 2.08. The molecule has 3 aromatic heterocycles. The third-order valence-corrected chi connectivity index (χ3v) is 3.77. The van der Waals surface area contributed by atoms with Crippen molar-refractivity contribution in [2.24, 2.45) is 5.92 Å². The van der Waals surface area contributed by atoms with Crippen LogP contribution in [-0.4, -0.2) is 20.9 Å². The molecule has 0 aliphatic rings. The van der Waals surface area contributed by atoms with E-state index in [9.17, 15) is 0 Å². The first kappa shape index (κ1) is 12.2. The molecule has 3 heterocycles. The Balaban J connectivity index is 2.04. The first-order valence-corrected chi connectivity index (χ1v) is 7.23. The SMILES string of the molecule is CC(C)CNc1ncc(-c2cccs2)n2ccnc12. The Hall–Kier alpha value is -1.88. The minimum atomic E-state index is 0.578. The van der Waals surface area contributed by atoms with Crippen LogP contribution in [0.25, 0.3) is 16.2 Å². The van der Waals surface area contributed by atoms with Crippen molar-refractivity contribution in [3.8, 4) is 10.6 Å². The molecule has 0 saturated carbocycles. The van der Waals surface area contributed by atoms with Crippen molar-refractivity contribution in [2.45, 2.75) is 13.8 Å². The predicted octanol–water partition coefficient (Wildman–Crippen LogP) is 3.53. The van der Waals surface area contributed by atoms with Crippen molar-refractivity contribution >= 4 is 22.8 Å². The van der Waals surface area contributed by atoms with Gasteiger partial charge in [0, 0.05) is 18.9 Å². The summed E-state index contributed by atoms with van der Waals surface area (Å²) in [7, 11) is 0. The van der Waals surface area contributed by atoms with Crippen LogP contribution in [0.15, 0.2) is 36.1 Å². The Kier molecular flexibility index (Phi) is 3.21. The number of fused-ring (bicyclic) bond motifs is 1. The van der Waals surface area contributed by atoms with E-state index >= 15 is 0 Å². The zero-order valence-corrected chi connectivity index (χ0v) is 11.8. The molecule has 98 valence electrons. The molecule has 0 saturated heterocycles. The molecule has 0 aromatic carbocycles. The Bertz CT molecular complexity index is 670. The highest BCUT2D eigenvalue weighted by Crippen LogP contribution is 2.26. The van der Waals surface area contributed by atoms with Crippen LogP contribution in [0.1, 0.15) is 13.8 Å². The van der Waals surface area contributed by atoms with E-state index in [0.717, 1.165) is 23.7 Å². The molecule has 0 aliphatic carbocycles. The molecule has 4 nitrogen and oxygen atoms in total. The molecule has 0 amide bonds. The van der Waals surface area contributed by atoms with Crippen LogP contribution in [0.5, 0.6) is 0 Å². The number of aromatic nitrogens is 3. The number of hydrogen-bond acceptors (Lipinski definition) is 4. The maximum absolute atomic E-state index is 4.52. The number of imidazole rings is 1. The summed E-state index contributed by atoms with van der Waals surface area (Å²) in [4.78, 5) is 10.1. The Morgan fingerprint density at radius 1 is 1.37 bits per heavy atom. The molecule has 0 spiro atoms. The fourth-order valence-corrected chi connectivity index (χ4v) is 2.68. The molecule has 0 radical (unpaired) electrons. The van der Waals surface area contributed by atoms with Gasteiger partial charge < -0.3 is 5.32 Å². The highest BCUT2D eigenvalue weighted by molar-refractivity contribution is 7.13. The Labute approximate surface area is 116 Å². The highest BCUT2D eigenvalue weighted by atomic mass is 32.1. The van der Waals surface area contributed by atoms with Gasteiger partial charge in [-0.15, -0.1) is 11.3 Å². The van der Waals surface area contributed by atoms with Crippen molar-refractivity contribution in [1.29, 1.82) is 0 Å². The summed E-state index contributed by atoms with van der Waals surface area (Å²) in [5, 5.41) is 5.43. The van der Waals surface area contributed by atoms with Crippen molar-refractivity contribution in [3.63, 3.8) is 0 Å². The summed E-state index contributed by atoms with van der Waals surface area (Å²) in [6.07, 6.45) is 5.70. The molecule has 3 rings (SSSR count). The normalized spacial score (nSPS) is 11.3. The minimum absolute atomic E-state index is 0.578. The molecule has 0 bridgehead atoms. The second kappa shape index (κ2) is 5.01. The fourth-order valence-electron chi connectivity index (χ4n) is 1.95. The number of nitrogens with zero attached hydrogens (tertiary/aromatic N) is 3. The molecule has 0 fully saturated rings. The summed E-state index contributed by atoms with van der Waals surface area (Å²) in [5.74, 6) is 1.42. The van der Waals surface area contributed by atoms with Crippen LogP contribution in [0, 0.1) is 5.92 Å². The van der Waals surface area contributed by atoms with E-state index in [1.54, 1.807) is 11.3 Å². The van der Waals surface area contributed by atoms with Gasteiger partial charge >= 0.3 is 0 Å². The first-order chi connectivity index (χ1) is 9.25. The molecule has 0 atom stereocenters. The van der Waals surface area contributed by atoms with Crippen LogP contribution in [-0.2, 0) is 0 Å². The van der Waals surface area contributed by atoms with Crippen LogP contribution < -0.4 is 5.32 Å². The molecule has 0 unspecified atom stereocenters. The van der Waals surface area contributed by atoms with Crippen molar-refractivity contribution in [3.05, 3.63) is 36.1 Å². The lowest BCUT2D eigenvalue weighted by Gasteiger charge is -2.10. The number of nitrogens with one attached hydrogen (secondary N) is 1. The van der Waals surface area contributed by atoms with E-state index in [1.165, 1.54) is 4.88 Å². The smallest absolute Gasteiger partial charge is 0.180 e. The average molecular weight is 272 g/mol. The Morgan fingerprint density at radius 3 is 3.00 bits per heavy atom. The average Bonchev–Trinajstić information content (AvgIpc) is 3.06. The molecular formula is C14H16N4S. The van der Waals surface area contributed by atoms with Gasteiger partial charge in [-0.2, -0.15) is 0 Å². The zero-order valence-electron chi connectivity index (χ0n) is 11.0. The molecule has 1 N–H and O–H groups in total. The van der Waals surface area contributed by atoms with E-state index in [1.807, 2.05) is 24.7 Å². The molecule has 5 heteroatoms. The van der Waals surface area contributed by atoms with Crippen molar-refractivity contribution in [2.75, 3.05) is 11.9 Å². The van der Waals surface area contributed by atoms with Gasteiger partial charge in [-0.05, 0) is 17.4 Å². The van der Waals surface area contributed by atoms with Gasteiger partial charge in [0.25, 0.3) is 0 Å². The topological polar surface area (TPSA) is 42.2 Å². The number of hydrogen-bond donors (Lipinski definition) is 1. The largest absolute Gasteiger partial charge is 0.367 e. The maximum atomic E-state index is 4.52. The van der Waals surface area contributed by atoms with E-state index < -0.39 is 0 Å². The fraction of sp³-hybridized carbons (Fsp3) is 0.286. The lowest BCUT2D eigenvalue weighted by atomic mass is 10.2. The van der Waals surface area contributed by atoms with Crippen LogP contribution in [0.3, 0.4) is 0 Å². The van der Waals surface area contributed by atoms with Crippen LogP contribution in [0.2, 0.25) is 0 Å². The molecule has 19 heavy (non-hydrogen) atoms. The van der Waals surface area contributed by atoms with Gasteiger partial charge in [0.1, 0.15) is 0 Å². The maximum Gasteiger partial charge on any atom is 0.180 e. The lowest BCUT2D eigenvalue weighted by Crippen LogP contribution is -2.10. The summed E-state index contributed by atoms with van der Waals surface area (Å²) in [6.45, 7) is 5.25. The number of thiophene rings is 1. The monoisotopic (exact) mass is 272 g/mol. The van der Waals surface area contributed by atoms with Crippen molar-refractivity contribution in [1.82, 2.24) is 14.4 Å². The third kappa shape index (κ3) is 2.33. The summed E-state index contributed by atoms with van der Waals surface area (Å²) in [6, 6.07) is 4.15. The van der Waals surface area contributed by atoms with Gasteiger partial charge in [-0.3, -0.25) is 4.40 Å². The number of rotatable bonds is 4. The van der Waals surface area contributed by atoms with Gasteiger partial charge in [-0.25, -0.2) is 9.97 Å². The van der Waals surface area contributed by atoms with Gasteiger partial charge in [0.2, 0.25) is 0 Å². The predicted molar refractivity (Wildman–Crippen MR) is 79.6 cm³/mol. The highest BCUT2D eigenvalue weighted by Gasteiger charge is 2.10. The van der Waals surface area contributed by atoms with E-state index in [0.29, 0.717) is 5.92 Å². The summed E-state index contributed by atoms with van der Waals surface area (Å²) in [5.41, 5.74) is 1.96. The van der Waals surface area contributed by atoms with E-state index in [4.69, 9.17) is 0 Å². The molecule has 3 aromatic rings.